The molecule has 2 nitrogen and oxygen atoms in total. The molecule has 0 unspecified atom stereocenters. The van der Waals surface area contributed by atoms with E-state index in [9.17, 15) is 0 Å². The first-order valence-electron chi connectivity index (χ1n) is 7.62. The van der Waals surface area contributed by atoms with Gasteiger partial charge in [0.15, 0.2) is 0 Å². The monoisotopic (exact) mass is 313 g/mol. The number of nitrogens with zero attached hydrogens (tertiary/aromatic N) is 1. The van der Waals surface area contributed by atoms with Gasteiger partial charge in [0.25, 0.3) is 0 Å². The van der Waals surface area contributed by atoms with Gasteiger partial charge in [-0.2, -0.15) is 0 Å². The molecule has 0 radical (unpaired) electrons. The van der Waals surface area contributed by atoms with Crippen molar-refractivity contribution in [3.8, 4) is 5.75 Å². The van der Waals surface area contributed by atoms with Crippen LogP contribution in [0.5, 0.6) is 5.75 Å². The van der Waals surface area contributed by atoms with Crippen LogP contribution in [0.3, 0.4) is 0 Å². The van der Waals surface area contributed by atoms with Crippen molar-refractivity contribution in [2.45, 2.75) is 48.5 Å². The molecule has 1 aromatic carbocycles. The van der Waals surface area contributed by atoms with Crippen LogP contribution in [0, 0.1) is 6.92 Å². The van der Waals surface area contributed by atoms with E-state index in [2.05, 4.69) is 57.1 Å². The third kappa shape index (κ3) is 13.6. The van der Waals surface area contributed by atoms with Gasteiger partial charge >= 0.3 is 0 Å². The first-order valence-corrected chi connectivity index (χ1v) is 8.07. The molecule has 1 aromatic rings. The van der Waals surface area contributed by atoms with Gasteiger partial charge in [-0.05, 0) is 43.4 Å². The van der Waals surface area contributed by atoms with Crippen LogP contribution in [0.1, 0.15) is 47.1 Å². The first kappa shape index (κ1) is 24.9. The van der Waals surface area contributed by atoms with Crippen LogP contribution in [0.15, 0.2) is 29.7 Å². The van der Waals surface area contributed by atoms with Crippen LogP contribution in [-0.4, -0.2) is 20.7 Å². The summed E-state index contributed by atoms with van der Waals surface area (Å²) >= 11 is 3.77. The number of thiol groups is 1. The number of hydrogen-bond acceptors (Lipinski definition) is 3. The Kier molecular flexibility index (Phi) is 20.1. The molecule has 0 aromatic heterocycles. The molecule has 124 valence electrons. The number of methoxy groups -OCH3 is 1. The van der Waals surface area contributed by atoms with Gasteiger partial charge in [0, 0.05) is 13.6 Å². The second-order valence-electron chi connectivity index (χ2n) is 3.92. The third-order valence-corrected chi connectivity index (χ3v) is 2.22. The number of rotatable bonds is 3. The van der Waals surface area contributed by atoms with Crippen LogP contribution >= 0.6 is 12.6 Å². The fraction of sp³-hybridized carbons (Fsp3) is 0.556. The zero-order valence-corrected chi connectivity index (χ0v) is 16.3. The van der Waals surface area contributed by atoms with Crippen molar-refractivity contribution >= 4 is 18.3 Å². The van der Waals surface area contributed by atoms with Crippen LogP contribution < -0.4 is 9.64 Å². The number of hydrogen-bond donors (Lipinski definition) is 1. The van der Waals surface area contributed by atoms with Crippen molar-refractivity contribution < 1.29 is 4.74 Å². The number of allylic oxidation sites excluding steroid dienone is 1. The van der Waals surface area contributed by atoms with Gasteiger partial charge in [-0.15, -0.1) is 12.6 Å². The maximum atomic E-state index is 5.28. The Morgan fingerprint density at radius 3 is 2.00 bits per heavy atom. The predicted molar refractivity (Wildman–Crippen MR) is 103 cm³/mol. The lowest BCUT2D eigenvalue weighted by atomic mass is 10.2. The third-order valence-electron chi connectivity index (χ3n) is 2.22. The first-order chi connectivity index (χ1) is 9.92. The number of ether oxygens (including phenoxy) is 1. The standard InChI is InChI=1S/C11H17NO.C3H6S.2C2H6/c1-5-12(3)10-8-9(2)6-7-11(10)13-4;1-3(2)4;2*1-2/h6-8H,5H2,1-4H3;4H,1H2,2H3;2*1-2H3. The van der Waals surface area contributed by atoms with E-state index in [1.807, 2.05) is 40.7 Å². The molecule has 3 heteroatoms. The van der Waals surface area contributed by atoms with Crippen molar-refractivity contribution in [3.63, 3.8) is 0 Å². The van der Waals surface area contributed by atoms with Crippen LogP contribution in [0.2, 0.25) is 0 Å². The molecule has 0 aliphatic heterocycles. The highest BCUT2D eigenvalue weighted by Gasteiger charge is 2.05. The van der Waals surface area contributed by atoms with Gasteiger partial charge in [-0.1, -0.05) is 40.3 Å². The van der Waals surface area contributed by atoms with E-state index in [0.717, 1.165) is 22.9 Å². The summed E-state index contributed by atoms with van der Waals surface area (Å²) in [4.78, 5) is 3.03. The number of benzene rings is 1. The Morgan fingerprint density at radius 2 is 1.67 bits per heavy atom. The van der Waals surface area contributed by atoms with Crippen molar-refractivity contribution in [1.29, 1.82) is 0 Å². The minimum Gasteiger partial charge on any atom is -0.495 e. The van der Waals surface area contributed by atoms with E-state index in [-0.39, 0.29) is 0 Å². The van der Waals surface area contributed by atoms with Crippen LogP contribution in [-0.2, 0) is 0 Å². The van der Waals surface area contributed by atoms with E-state index in [1.54, 1.807) is 7.11 Å². The highest BCUT2D eigenvalue weighted by molar-refractivity contribution is 7.84. The fourth-order valence-corrected chi connectivity index (χ4v) is 1.27. The molecule has 0 aliphatic rings. The van der Waals surface area contributed by atoms with Crippen molar-refractivity contribution in [2.75, 3.05) is 25.6 Å². The van der Waals surface area contributed by atoms with Crippen LogP contribution in [0.4, 0.5) is 5.69 Å². The van der Waals surface area contributed by atoms with E-state index in [0.29, 0.717) is 0 Å². The molecular weight excluding hydrogens is 278 g/mol. The molecule has 0 fully saturated rings. The van der Waals surface area contributed by atoms with Crippen molar-refractivity contribution in [3.05, 3.63) is 35.2 Å². The topological polar surface area (TPSA) is 12.5 Å². The summed E-state index contributed by atoms with van der Waals surface area (Å²) in [7, 11) is 3.77. The lowest BCUT2D eigenvalue weighted by Crippen LogP contribution is -2.16. The van der Waals surface area contributed by atoms with Crippen molar-refractivity contribution in [1.82, 2.24) is 0 Å². The normalized spacial score (nSPS) is 7.90. The Morgan fingerprint density at radius 1 is 1.24 bits per heavy atom. The zero-order valence-electron chi connectivity index (χ0n) is 15.4. The predicted octanol–water partition coefficient (Wildman–Crippen LogP) is 5.96. The molecule has 0 aliphatic carbocycles. The van der Waals surface area contributed by atoms with Gasteiger partial charge < -0.3 is 9.64 Å². The molecule has 0 heterocycles. The van der Waals surface area contributed by atoms with E-state index in [1.165, 1.54) is 5.56 Å². The summed E-state index contributed by atoms with van der Waals surface area (Å²) < 4.78 is 5.28. The van der Waals surface area contributed by atoms with Gasteiger partial charge in [0.2, 0.25) is 0 Å². The summed E-state index contributed by atoms with van der Waals surface area (Å²) in [5.74, 6) is 0.940. The molecule has 1 rings (SSSR count). The minimum absolute atomic E-state index is 0.861. The smallest absolute Gasteiger partial charge is 0.142 e. The fourth-order valence-electron chi connectivity index (χ4n) is 1.27. The molecule has 0 atom stereocenters. The summed E-state index contributed by atoms with van der Waals surface area (Å²) in [5, 5.41) is 0. The van der Waals surface area contributed by atoms with Gasteiger partial charge in [-0.3, -0.25) is 0 Å². The molecule has 0 N–H and O–H groups in total. The van der Waals surface area contributed by atoms with Gasteiger partial charge in [-0.25, -0.2) is 0 Å². The maximum absolute atomic E-state index is 5.28. The average molecular weight is 314 g/mol. The molecule has 0 amide bonds. The highest BCUT2D eigenvalue weighted by atomic mass is 32.1. The Bertz CT molecular complexity index is 360. The quantitative estimate of drug-likeness (QED) is 0.691. The van der Waals surface area contributed by atoms with Crippen molar-refractivity contribution in [2.24, 2.45) is 0 Å². The largest absolute Gasteiger partial charge is 0.495 e. The molecule has 0 saturated heterocycles. The van der Waals surface area contributed by atoms with Crippen LogP contribution in [0.25, 0.3) is 0 Å². The summed E-state index contributed by atoms with van der Waals surface area (Å²) in [6.07, 6.45) is 0. The van der Waals surface area contributed by atoms with E-state index >= 15 is 0 Å². The lowest BCUT2D eigenvalue weighted by Gasteiger charge is -2.20. The Balaban J connectivity index is -0.000000343. The summed E-state index contributed by atoms with van der Waals surface area (Å²) in [6.45, 7) is 18.5. The minimum atomic E-state index is 0.861. The Labute approximate surface area is 138 Å². The molecular formula is C18H35NOS. The SMILES string of the molecule is C=C(C)S.CC.CC.CCN(C)c1cc(C)ccc1OC. The summed E-state index contributed by atoms with van der Waals surface area (Å²) in [5.41, 5.74) is 2.42. The summed E-state index contributed by atoms with van der Waals surface area (Å²) in [6, 6.07) is 6.21. The average Bonchev–Trinajstić information content (AvgIpc) is 2.50. The lowest BCUT2D eigenvalue weighted by molar-refractivity contribution is 0.415. The zero-order chi connectivity index (χ0) is 17.4. The molecule has 0 bridgehead atoms. The second-order valence-corrected chi connectivity index (χ2v) is 4.69. The molecule has 0 saturated carbocycles. The van der Waals surface area contributed by atoms with Gasteiger partial charge in [0.1, 0.15) is 5.75 Å². The Hall–Kier alpha value is -1.09. The maximum Gasteiger partial charge on any atom is 0.142 e. The molecule has 21 heavy (non-hydrogen) atoms. The number of aryl methyl sites for hydroxylation is 1. The van der Waals surface area contributed by atoms with Gasteiger partial charge in [0.05, 0.1) is 12.8 Å². The highest BCUT2D eigenvalue weighted by Crippen LogP contribution is 2.27. The molecule has 0 spiro atoms. The number of anilines is 1. The van der Waals surface area contributed by atoms with E-state index < -0.39 is 0 Å². The van der Waals surface area contributed by atoms with E-state index in [4.69, 9.17) is 4.74 Å². The second kappa shape index (κ2) is 17.0.